The summed E-state index contributed by atoms with van der Waals surface area (Å²) < 4.78 is 0. The number of carbonyl (C=O) groups excluding carboxylic acids is 1. The smallest absolute Gasteiger partial charge is 0.221 e. The Morgan fingerprint density at radius 3 is 2.79 bits per heavy atom. The van der Waals surface area contributed by atoms with Crippen LogP contribution in [0.15, 0.2) is 0 Å². The standard InChI is InChI=1S/C11H20N2O/c1-8-4-2-3-5-10(8)13-9-6-11(14)12-7-9/h8-10,13H,2-7H2,1H3,(H,12,14). The van der Waals surface area contributed by atoms with E-state index in [1.54, 1.807) is 0 Å². The molecule has 80 valence electrons. The highest BCUT2D eigenvalue weighted by atomic mass is 16.1. The van der Waals surface area contributed by atoms with Crippen LogP contribution in [0.1, 0.15) is 39.0 Å². The van der Waals surface area contributed by atoms with Gasteiger partial charge in [0.25, 0.3) is 0 Å². The van der Waals surface area contributed by atoms with Gasteiger partial charge in [-0.2, -0.15) is 0 Å². The van der Waals surface area contributed by atoms with Gasteiger partial charge in [0.05, 0.1) is 0 Å². The summed E-state index contributed by atoms with van der Waals surface area (Å²) in [5.74, 6) is 0.977. The van der Waals surface area contributed by atoms with Gasteiger partial charge < -0.3 is 10.6 Å². The van der Waals surface area contributed by atoms with Crippen LogP contribution in [0.5, 0.6) is 0 Å². The average Bonchev–Trinajstić information content (AvgIpc) is 2.56. The molecule has 0 bridgehead atoms. The van der Waals surface area contributed by atoms with Crippen molar-refractivity contribution in [1.29, 1.82) is 0 Å². The summed E-state index contributed by atoms with van der Waals surface area (Å²) in [5.41, 5.74) is 0. The van der Waals surface area contributed by atoms with Crippen molar-refractivity contribution in [3.8, 4) is 0 Å². The SMILES string of the molecule is CC1CCCCC1NC1CNC(=O)C1. The fraction of sp³-hybridized carbons (Fsp3) is 0.909. The Morgan fingerprint density at radius 2 is 2.14 bits per heavy atom. The molecule has 3 heteroatoms. The molecular weight excluding hydrogens is 176 g/mol. The first-order chi connectivity index (χ1) is 6.75. The van der Waals surface area contributed by atoms with Gasteiger partial charge in [-0.25, -0.2) is 0 Å². The third-order valence-electron chi connectivity index (χ3n) is 3.54. The quantitative estimate of drug-likeness (QED) is 0.693. The Kier molecular flexibility index (Phi) is 3.06. The lowest BCUT2D eigenvalue weighted by atomic mass is 9.85. The van der Waals surface area contributed by atoms with Crippen LogP contribution in [-0.4, -0.2) is 24.5 Å². The highest BCUT2D eigenvalue weighted by Crippen LogP contribution is 2.24. The predicted molar refractivity (Wildman–Crippen MR) is 56.0 cm³/mol. The van der Waals surface area contributed by atoms with Crippen molar-refractivity contribution in [3.05, 3.63) is 0 Å². The molecule has 0 aromatic heterocycles. The first-order valence-corrected chi connectivity index (χ1v) is 5.78. The van der Waals surface area contributed by atoms with Crippen LogP contribution in [0.4, 0.5) is 0 Å². The summed E-state index contributed by atoms with van der Waals surface area (Å²) in [7, 11) is 0. The van der Waals surface area contributed by atoms with Crippen molar-refractivity contribution in [2.24, 2.45) is 5.92 Å². The molecular formula is C11H20N2O. The summed E-state index contributed by atoms with van der Waals surface area (Å²) in [6.07, 6.45) is 6.01. The molecule has 1 aliphatic carbocycles. The molecule has 0 aromatic carbocycles. The lowest BCUT2D eigenvalue weighted by Gasteiger charge is -2.31. The van der Waals surface area contributed by atoms with E-state index in [0.29, 0.717) is 18.5 Å². The van der Waals surface area contributed by atoms with E-state index in [1.165, 1.54) is 25.7 Å². The third-order valence-corrected chi connectivity index (χ3v) is 3.54. The van der Waals surface area contributed by atoms with E-state index in [0.717, 1.165) is 12.5 Å². The zero-order chi connectivity index (χ0) is 9.97. The predicted octanol–water partition coefficient (Wildman–Crippen LogP) is 1.04. The van der Waals surface area contributed by atoms with E-state index >= 15 is 0 Å². The molecule has 3 nitrogen and oxygen atoms in total. The fourth-order valence-corrected chi connectivity index (χ4v) is 2.59. The number of nitrogens with one attached hydrogen (secondary N) is 2. The minimum Gasteiger partial charge on any atom is -0.354 e. The van der Waals surface area contributed by atoms with Gasteiger partial charge in [0.1, 0.15) is 0 Å². The molecule has 1 heterocycles. The second-order valence-electron chi connectivity index (χ2n) is 4.74. The van der Waals surface area contributed by atoms with Gasteiger partial charge in [-0.15, -0.1) is 0 Å². The number of hydrogen-bond donors (Lipinski definition) is 2. The van der Waals surface area contributed by atoms with Crippen LogP contribution < -0.4 is 10.6 Å². The molecule has 0 aromatic rings. The van der Waals surface area contributed by atoms with E-state index < -0.39 is 0 Å². The van der Waals surface area contributed by atoms with Crippen molar-refractivity contribution in [3.63, 3.8) is 0 Å². The van der Waals surface area contributed by atoms with Gasteiger partial charge in [-0.05, 0) is 18.8 Å². The van der Waals surface area contributed by atoms with Crippen molar-refractivity contribution in [2.45, 2.75) is 51.1 Å². The second-order valence-corrected chi connectivity index (χ2v) is 4.74. The maximum Gasteiger partial charge on any atom is 0.221 e. The van der Waals surface area contributed by atoms with Gasteiger partial charge in [0.2, 0.25) is 5.91 Å². The van der Waals surface area contributed by atoms with Crippen LogP contribution in [0.2, 0.25) is 0 Å². The van der Waals surface area contributed by atoms with Crippen LogP contribution in [0.25, 0.3) is 0 Å². The molecule has 1 amide bonds. The topological polar surface area (TPSA) is 41.1 Å². The maximum atomic E-state index is 11.0. The Morgan fingerprint density at radius 1 is 1.36 bits per heavy atom. The molecule has 3 unspecified atom stereocenters. The highest BCUT2D eigenvalue weighted by Gasteiger charge is 2.27. The van der Waals surface area contributed by atoms with Crippen molar-refractivity contribution in [1.82, 2.24) is 10.6 Å². The summed E-state index contributed by atoms with van der Waals surface area (Å²) in [6, 6.07) is 1.02. The fourth-order valence-electron chi connectivity index (χ4n) is 2.59. The van der Waals surface area contributed by atoms with Crippen molar-refractivity contribution in [2.75, 3.05) is 6.54 Å². The first-order valence-electron chi connectivity index (χ1n) is 5.78. The molecule has 2 N–H and O–H groups in total. The van der Waals surface area contributed by atoms with Crippen molar-refractivity contribution < 1.29 is 4.79 Å². The molecule has 1 aliphatic heterocycles. The van der Waals surface area contributed by atoms with Crippen molar-refractivity contribution >= 4 is 5.91 Å². The Bertz CT molecular complexity index is 217. The lowest BCUT2D eigenvalue weighted by Crippen LogP contribution is -2.44. The Balaban J connectivity index is 1.81. The van der Waals surface area contributed by atoms with Gasteiger partial charge in [-0.1, -0.05) is 19.8 Å². The molecule has 1 saturated carbocycles. The van der Waals surface area contributed by atoms with Crippen LogP contribution in [-0.2, 0) is 4.79 Å². The Hall–Kier alpha value is -0.570. The monoisotopic (exact) mass is 196 g/mol. The third kappa shape index (κ3) is 2.27. The van der Waals surface area contributed by atoms with Gasteiger partial charge in [0.15, 0.2) is 0 Å². The van der Waals surface area contributed by atoms with E-state index in [1.807, 2.05) is 0 Å². The summed E-state index contributed by atoms with van der Waals surface area (Å²) in [4.78, 5) is 11.0. The normalized spacial score (nSPS) is 38.4. The minimum absolute atomic E-state index is 0.200. The summed E-state index contributed by atoms with van der Waals surface area (Å²) in [6.45, 7) is 3.14. The van der Waals surface area contributed by atoms with Crippen LogP contribution in [0.3, 0.4) is 0 Å². The first kappa shape index (κ1) is 9.97. The summed E-state index contributed by atoms with van der Waals surface area (Å²) in [5, 5.41) is 6.49. The molecule has 2 aliphatic rings. The molecule has 2 rings (SSSR count). The molecule has 1 saturated heterocycles. The zero-order valence-corrected chi connectivity index (χ0v) is 8.88. The zero-order valence-electron chi connectivity index (χ0n) is 8.88. The Labute approximate surface area is 85.6 Å². The second kappa shape index (κ2) is 4.30. The van der Waals surface area contributed by atoms with E-state index in [2.05, 4.69) is 17.6 Å². The molecule has 0 radical (unpaired) electrons. The summed E-state index contributed by atoms with van der Waals surface area (Å²) >= 11 is 0. The van der Waals surface area contributed by atoms with E-state index in [4.69, 9.17) is 0 Å². The minimum atomic E-state index is 0.200. The lowest BCUT2D eigenvalue weighted by molar-refractivity contribution is -0.119. The maximum absolute atomic E-state index is 11.0. The van der Waals surface area contributed by atoms with E-state index in [-0.39, 0.29) is 5.91 Å². The molecule has 3 atom stereocenters. The molecule has 0 spiro atoms. The largest absolute Gasteiger partial charge is 0.354 e. The van der Waals surface area contributed by atoms with Gasteiger partial charge in [0, 0.05) is 25.0 Å². The molecule has 2 fully saturated rings. The van der Waals surface area contributed by atoms with Crippen LogP contribution in [0, 0.1) is 5.92 Å². The van der Waals surface area contributed by atoms with Gasteiger partial charge in [-0.3, -0.25) is 4.79 Å². The number of hydrogen-bond acceptors (Lipinski definition) is 2. The van der Waals surface area contributed by atoms with Gasteiger partial charge >= 0.3 is 0 Å². The molecule has 14 heavy (non-hydrogen) atoms. The number of carbonyl (C=O) groups is 1. The van der Waals surface area contributed by atoms with Crippen LogP contribution >= 0.6 is 0 Å². The number of amides is 1. The van der Waals surface area contributed by atoms with E-state index in [9.17, 15) is 4.79 Å². The average molecular weight is 196 g/mol. The highest BCUT2D eigenvalue weighted by molar-refractivity contribution is 5.78. The number of rotatable bonds is 2.